The van der Waals surface area contributed by atoms with Gasteiger partial charge in [-0.25, -0.2) is 0 Å². The molecule has 1 aliphatic heterocycles. The molecule has 1 saturated heterocycles. The fraction of sp³-hybridized carbons (Fsp3) is 0.750. The number of allylic oxidation sites excluding steroid dienone is 1. The molecule has 0 aromatic carbocycles. The molecule has 0 aromatic rings. The van der Waals surface area contributed by atoms with Crippen molar-refractivity contribution < 1.29 is 0 Å². The maximum atomic E-state index is 2.47. The first-order valence-electron chi connectivity index (χ1n) is 3.71. The van der Waals surface area contributed by atoms with Crippen molar-refractivity contribution in [3.8, 4) is 0 Å². The molecule has 1 atom stereocenters. The van der Waals surface area contributed by atoms with Crippen LogP contribution in [0, 0.1) is 0 Å². The van der Waals surface area contributed by atoms with Crippen LogP contribution in [0.2, 0.25) is 0 Å². The summed E-state index contributed by atoms with van der Waals surface area (Å²) in [5.74, 6) is 0. The lowest BCUT2D eigenvalue weighted by Crippen LogP contribution is -2.42. The topological polar surface area (TPSA) is 3.24 Å². The van der Waals surface area contributed by atoms with Gasteiger partial charge in [0.1, 0.15) is 0 Å². The van der Waals surface area contributed by atoms with Crippen molar-refractivity contribution in [2.24, 2.45) is 0 Å². The van der Waals surface area contributed by atoms with Crippen LogP contribution >= 0.6 is 0 Å². The Bertz CT molecular complexity index is 103. The van der Waals surface area contributed by atoms with E-state index in [0.29, 0.717) is 6.04 Å². The Morgan fingerprint density at radius 3 is 2.44 bits per heavy atom. The van der Waals surface area contributed by atoms with Crippen molar-refractivity contribution in [3.05, 3.63) is 12.2 Å². The Labute approximate surface area is 57.4 Å². The monoisotopic (exact) mass is 125 g/mol. The summed E-state index contributed by atoms with van der Waals surface area (Å²) in [6, 6.07) is 0.670. The van der Waals surface area contributed by atoms with Crippen LogP contribution in [0.3, 0.4) is 0 Å². The summed E-state index contributed by atoms with van der Waals surface area (Å²) in [7, 11) is 0. The van der Waals surface area contributed by atoms with Crippen LogP contribution < -0.4 is 0 Å². The van der Waals surface area contributed by atoms with E-state index in [1.165, 1.54) is 19.5 Å². The third-order valence-electron chi connectivity index (χ3n) is 1.94. The van der Waals surface area contributed by atoms with Crippen LogP contribution in [0.15, 0.2) is 12.2 Å². The summed E-state index contributed by atoms with van der Waals surface area (Å²) in [5, 5.41) is 0. The van der Waals surface area contributed by atoms with E-state index in [9.17, 15) is 0 Å². The average Bonchev–Trinajstić information content (AvgIpc) is 1.60. The van der Waals surface area contributed by atoms with E-state index in [0.717, 1.165) is 0 Å². The first-order chi connectivity index (χ1) is 4.34. The van der Waals surface area contributed by atoms with Crippen molar-refractivity contribution >= 4 is 0 Å². The SMILES string of the molecule is C/C=C/C(C)N1CCC1. The Kier molecular flexibility index (Phi) is 2.29. The average molecular weight is 125 g/mol. The second-order valence-corrected chi connectivity index (χ2v) is 2.66. The Morgan fingerprint density at radius 1 is 1.44 bits per heavy atom. The lowest BCUT2D eigenvalue weighted by molar-refractivity contribution is 0.154. The molecule has 0 aliphatic carbocycles. The molecular weight excluding hydrogens is 110 g/mol. The molecule has 52 valence electrons. The molecule has 0 radical (unpaired) electrons. The molecule has 1 unspecified atom stereocenters. The zero-order valence-electron chi connectivity index (χ0n) is 6.30. The molecule has 9 heavy (non-hydrogen) atoms. The van der Waals surface area contributed by atoms with Gasteiger partial charge in [0.2, 0.25) is 0 Å². The maximum absolute atomic E-state index is 2.47. The minimum atomic E-state index is 0.670. The predicted molar refractivity (Wildman–Crippen MR) is 40.5 cm³/mol. The largest absolute Gasteiger partial charge is 0.297 e. The van der Waals surface area contributed by atoms with Crippen molar-refractivity contribution in [2.45, 2.75) is 26.3 Å². The minimum Gasteiger partial charge on any atom is -0.297 e. The number of hydrogen-bond acceptors (Lipinski definition) is 1. The van der Waals surface area contributed by atoms with Gasteiger partial charge in [-0.15, -0.1) is 0 Å². The molecule has 0 amide bonds. The van der Waals surface area contributed by atoms with Gasteiger partial charge >= 0.3 is 0 Å². The van der Waals surface area contributed by atoms with E-state index in [1.807, 2.05) is 0 Å². The second-order valence-electron chi connectivity index (χ2n) is 2.66. The van der Waals surface area contributed by atoms with Gasteiger partial charge in [0.05, 0.1) is 0 Å². The molecule has 0 aromatic heterocycles. The van der Waals surface area contributed by atoms with Gasteiger partial charge in [0.25, 0.3) is 0 Å². The number of likely N-dealkylation sites (tertiary alicyclic amines) is 1. The predicted octanol–water partition coefficient (Wildman–Crippen LogP) is 1.66. The van der Waals surface area contributed by atoms with Gasteiger partial charge in [-0.3, -0.25) is 4.90 Å². The minimum absolute atomic E-state index is 0.670. The highest BCUT2D eigenvalue weighted by Crippen LogP contribution is 2.10. The van der Waals surface area contributed by atoms with Gasteiger partial charge in [0.15, 0.2) is 0 Å². The first kappa shape index (κ1) is 6.81. The van der Waals surface area contributed by atoms with Gasteiger partial charge < -0.3 is 0 Å². The molecule has 0 spiro atoms. The normalized spacial score (nSPS) is 24.2. The zero-order chi connectivity index (χ0) is 6.69. The van der Waals surface area contributed by atoms with Gasteiger partial charge in [0, 0.05) is 6.04 Å². The highest BCUT2D eigenvalue weighted by atomic mass is 15.2. The molecule has 0 saturated carbocycles. The molecule has 1 nitrogen and oxygen atoms in total. The fourth-order valence-corrected chi connectivity index (χ4v) is 1.15. The maximum Gasteiger partial charge on any atom is 0.0249 e. The van der Waals surface area contributed by atoms with Crippen molar-refractivity contribution in [2.75, 3.05) is 13.1 Å². The van der Waals surface area contributed by atoms with E-state index in [4.69, 9.17) is 0 Å². The van der Waals surface area contributed by atoms with Crippen LogP contribution in [0.4, 0.5) is 0 Å². The van der Waals surface area contributed by atoms with E-state index >= 15 is 0 Å². The van der Waals surface area contributed by atoms with Crippen LogP contribution in [0.1, 0.15) is 20.3 Å². The summed E-state index contributed by atoms with van der Waals surface area (Å²) in [6.07, 6.45) is 5.77. The van der Waals surface area contributed by atoms with E-state index in [1.54, 1.807) is 0 Å². The quantitative estimate of drug-likeness (QED) is 0.507. The number of rotatable bonds is 2. The fourth-order valence-electron chi connectivity index (χ4n) is 1.15. The third kappa shape index (κ3) is 1.55. The molecule has 1 heteroatoms. The van der Waals surface area contributed by atoms with Crippen LogP contribution in [0.5, 0.6) is 0 Å². The summed E-state index contributed by atoms with van der Waals surface area (Å²) in [6.45, 7) is 6.92. The second kappa shape index (κ2) is 3.02. The lowest BCUT2D eigenvalue weighted by atomic mass is 10.1. The molecule has 1 rings (SSSR count). The van der Waals surface area contributed by atoms with Crippen molar-refractivity contribution in [1.82, 2.24) is 4.90 Å². The first-order valence-corrected chi connectivity index (χ1v) is 3.71. The molecule has 1 fully saturated rings. The number of hydrogen-bond donors (Lipinski definition) is 0. The smallest absolute Gasteiger partial charge is 0.0249 e. The molecular formula is C8H15N. The van der Waals surface area contributed by atoms with Crippen LogP contribution in [-0.4, -0.2) is 24.0 Å². The van der Waals surface area contributed by atoms with Gasteiger partial charge in [-0.2, -0.15) is 0 Å². The van der Waals surface area contributed by atoms with Gasteiger partial charge in [-0.1, -0.05) is 12.2 Å². The van der Waals surface area contributed by atoms with E-state index in [-0.39, 0.29) is 0 Å². The Hall–Kier alpha value is -0.300. The summed E-state index contributed by atoms with van der Waals surface area (Å²) < 4.78 is 0. The Morgan fingerprint density at radius 2 is 2.11 bits per heavy atom. The van der Waals surface area contributed by atoms with Gasteiger partial charge in [-0.05, 0) is 33.4 Å². The third-order valence-corrected chi connectivity index (χ3v) is 1.94. The standard InChI is InChI=1S/C8H15N/c1-3-5-8(2)9-6-4-7-9/h3,5,8H,4,6-7H2,1-2H3/b5-3+. The van der Waals surface area contributed by atoms with Crippen LogP contribution in [-0.2, 0) is 0 Å². The molecule has 0 bridgehead atoms. The summed E-state index contributed by atoms with van der Waals surface area (Å²) >= 11 is 0. The Balaban J connectivity index is 2.23. The lowest BCUT2D eigenvalue weighted by Gasteiger charge is -2.34. The molecule has 0 N–H and O–H groups in total. The highest BCUT2D eigenvalue weighted by molar-refractivity contribution is 4.92. The van der Waals surface area contributed by atoms with Crippen molar-refractivity contribution in [3.63, 3.8) is 0 Å². The zero-order valence-corrected chi connectivity index (χ0v) is 6.30. The molecule has 1 heterocycles. The highest BCUT2D eigenvalue weighted by Gasteiger charge is 2.16. The van der Waals surface area contributed by atoms with Crippen molar-refractivity contribution in [1.29, 1.82) is 0 Å². The molecule has 1 aliphatic rings. The summed E-state index contributed by atoms with van der Waals surface area (Å²) in [5.41, 5.74) is 0. The van der Waals surface area contributed by atoms with E-state index < -0.39 is 0 Å². The van der Waals surface area contributed by atoms with E-state index in [2.05, 4.69) is 30.9 Å². The number of nitrogens with zero attached hydrogens (tertiary/aromatic N) is 1. The van der Waals surface area contributed by atoms with Crippen LogP contribution in [0.25, 0.3) is 0 Å². The summed E-state index contributed by atoms with van der Waals surface area (Å²) in [4.78, 5) is 2.47.